The SMILES string of the molecule is CCOc1cc(NC(=O)C2(C)CCCCN2)ccc1OC. The summed E-state index contributed by atoms with van der Waals surface area (Å²) in [5, 5.41) is 6.28. The topological polar surface area (TPSA) is 59.6 Å². The van der Waals surface area contributed by atoms with Gasteiger partial charge in [-0.05, 0) is 51.8 Å². The van der Waals surface area contributed by atoms with Gasteiger partial charge in [0.15, 0.2) is 11.5 Å². The number of amides is 1. The van der Waals surface area contributed by atoms with Crippen LogP contribution in [-0.2, 0) is 4.79 Å². The van der Waals surface area contributed by atoms with E-state index in [-0.39, 0.29) is 5.91 Å². The van der Waals surface area contributed by atoms with Gasteiger partial charge >= 0.3 is 0 Å². The molecule has 5 nitrogen and oxygen atoms in total. The summed E-state index contributed by atoms with van der Waals surface area (Å²) in [4.78, 5) is 12.5. The Morgan fingerprint density at radius 1 is 1.38 bits per heavy atom. The smallest absolute Gasteiger partial charge is 0.244 e. The first kappa shape index (κ1) is 15.6. The van der Waals surface area contributed by atoms with Crippen LogP contribution in [-0.4, -0.2) is 31.7 Å². The number of benzene rings is 1. The molecule has 0 aromatic heterocycles. The summed E-state index contributed by atoms with van der Waals surface area (Å²) in [6.45, 7) is 5.30. The van der Waals surface area contributed by atoms with E-state index in [9.17, 15) is 4.79 Å². The zero-order valence-electron chi connectivity index (χ0n) is 13.0. The van der Waals surface area contributed by atoms with Crippen LogP contribution in [0.2, 0.25) is 0 Å². The fraction of sp³-hybridized carbons (Fsp3) is 0.562. The van der Waals surface area contributed by atoms with E-state index in [0.717, 1.165) is 31.5 Å². The van der Waals surface area contributed by atoms with Crippen LogP contribution in [0.4, 0.5) is 5.69 Å². The van der Waals surface area contributed by atoms with Crippen LogP contribution in [0, 0.1) is 0 Å². The lowest BCUT2D eigenvalue weighted by atomic mass is 9.90. The van der Waals surface area contributed by atoms with E-state index in [1.807, 2.05) is 19.9 Å². The normalized spacial score (nSPS) is 21.7. The Labute approximate surface area is 126 Å². The summed E-state index contributed by atoms with van der Waals surface area (Å²) < 4.78 is 10.8. The third-order valence-electron chi connectivity index (χ3n) is 3.84. The van der Waals surface area contributed by atoms with Crippen molar-refractivity contribution in [3.8, 4) is 11.5 Å². The maximum absolute atomic E-state index is 12.5. The lowest BCUT2D eigenvalue weighted by Crippen LogP contribution is -2.54. The van der Waals surface area contributed by atoms with E-state index in [1.165, 1.54) is 0 Å². The minimum Gasteiger partial charge on any atom is -0.493 e. The summed E-state index contributed by atoms with van der Waals surface area (Å²) in [5.74, 6) is 1.30. The molecule has 1 amide bonds. The summed E-state index contributed by atoms with van der Waals surface area (Å²) in [5.41, 5.74) is 0.224. The standard InChI is InChI=1S/C16H24N2O3/c1-4-21-14-11-12(7-8-13(14)20-3)18-15(19)16(2)9-5-6-10-17-16/h7-8,11,17H,4-6,9-10H2,1-3H3,(H,18,19). The maximum atomic E-state index is 12.5. The maximum Gasteiger partial charge on any atom is 0.244 e. The molecular weight excluding hydrogens is 268 g/mol. The molecule has 0 radical (unpaired) electrons. The largest absolute Gasteiger partial charge is 0.493 e. The average Bonchev–Trinajstić information content (AvgIpc) is 2.48. The van der Waals surface area contributed by atoms with E-state index >= 15 is 0 Å². The number of hydrogen-bond acceptors (Lipinski definition) is 4. The highest BCUT2D eigenvalue weighted by Gasteiger charge is 2.34. The predicted molar refractivity (Wildman–Crippen MR) is 83.1 cm³/mol. The molecule has 1 aliphatic rings. The van der Waals surface area contributed by atoms with Crippen molar-refractivity contribution in [3.63, 3.8) is 0 Å². The number of carbonyl (C=O) groups excluding carboxylic acids is 1. The lowest BCUT2D eigenvalue weighted by molar-refractivity contribution is -0.122. The highest BCUT2D eigenvalue weighted by molar-refractivity contribution is 5.98. The highest BCUT2D eigenvalue weighted by Crippen LogP contribution is 2.31. The van der Waals surface area contributed by atoms with Crippen molar-refractivity contribution in [3.05, 3.63) is 18.2 Å². The molecule has 21 heavy (non-hydrogen) atoms. The molecule has 0 spiro atoms. The zero-order valence-corrected chi connectivity index (χ0v) is 13.0. The highest BCUT2D eigenvalue weighted by atomic mass is 16.5. The minimum absolute atomic E-state index is 0.00480. The number of hydrogen-bond donors (Lipinski definition) is 2. The van der Waals surface area contributed by atoms with Crippen molar-refractivity contribution in [2.75, 3.05) is 25.6 Å². The summed E-state index contributed by atoms with van der Waals surface area (Å²) in [6.07, 6.45) is 3.05. The Morgan fingerprint density at radius 3 is 2.81 bits per heavy atom. The number of piperidine rings is 1. The molecule has 1 unspecified atom stereocenters. The summed E-state index contributed by atoms with van der Waals surface area (Å²) in [6, 6.07) is 5.43. The van der Waals surface area contributed by atoms with Crippen molar-refractivity contribution in [2.24, 2.45) is 0 Å². The average molecular weight is 292 g/mol. The van der Waals surface area contributed by atoms with Gasteiger partial charge in [-0.1, -0.05) is 0 Å². The molecule has 1 heterocycles. The molecule has 1 aromatic rings. The molecule has 1 aromatic carbocycles. The van der Waals surface area contributed by atoms with Crippen LogP contribution in [0.3, 0.4) is 0 Å². The molecule has 1 atom stereocenters. The second kappa shape index (κ2) is 6.80. The summed E-state index contributed by atoms with van der Waals surface area (Å²) >= 11 is 0. The van der Waals surface area contributed by atoms with Gasteiger partial charge in [0.1, 0.15) is 0 Å². The van der Waals surface area contributed by atoms with Gasteiger partial charge in [0, 0.05) is 11.8 Å². The van der Waals surface area contributed by atoms with E-state index < -0.39 is 5.54 Å². The number of rotatable bonds is 5. The van der Waals surface area contributed by atoms with E-state index in [0.29, 0.717) is 18.1 Å². The molecule has 2 rings (SSSR count). The zero-order chi connectivity index (χ0) is 15.3. The monoisotopic (exact) mass is 292 g/mol. The Kier molecular flexibility index (Phi) is 5.07. The third kappa shape index (κ3) is 3.67. The molecule has 0 bridgehead atoms. The predicted octanol–water partition coefficient (Wildman–Crippen LogP) is 2.56. The molecule has 1 saturated heterocycles. The first-order chi connectivity index (χ1) is 10.1. The third-order valence-corrected chi connectivity index (χ3v) is 3.84. The van der Waals surface area contributed by atoms with Crippen molar-refractivity contribution >= 4 is 11.6 Å². The fourth-order valence-corrected chi connectivity index (χ4v) is 2.54. The number of carbonyl (C=O) groups is 1. The number of anilines is 1. The van der Waals surface area contributed by atoms with E-state index in [4.69, 9.17) is 9.47 Å². The van der Waals surface area contributed by atoms with Gasteiger partial charge < -0.3 is 20.1 Å². The van der Waals surface area contributed by atoms with Crippen molar-refractivity contribution in [2.45, 2.75) is 38.6 Å². The van der Waals surface area contributed by atoms with Crippen molar-refractivity contribution in [1.29, 1.82) is 0 Å². The van der Waals surface area contributed by atoms with Gasteiger partial charge in [-0.25, -0.2) is 0 Å². The van der Waals surface area contributed by atoms with E-state index in [1.54, 1.807) is 19.2 Å². The molecule has 0 aliphatic carbocycles. The Morgan fingerprint density at radius 2 is 2.19 bits per heavy atom. The Balaban J connectivity index is 2.11. The minimum atomic E-state index is -0.496. The van der Waals surface area contributed by atoms with Gasteiger partial charge in [0.05, 0.1) is 19.3 Å². The van der Waals surface area contributed by atoms with Crippen molar-refractivity contribution < 1.29 is 14.3 Å². The van der Waals surface area contributed by atoms with Gasteiger partial charge in [0.25, 0.3) is 0 Å². The van der Waals surface area contributed by atoms with Crippen LogP contribution < -0.4 is 20.1 Å². The van der Waals surface area contributed by atoms with Crippen LogP contribution in [0.25, 0.3) is 0 Å². The first-order valence-electron chi connectivity index (χ1n) is 7.46. The second-order valence-corrected chi connectivity index (χ2v) is 5.47. The Bertz CT molecular complexity index is 496. The number of nitrogens with one attached hydrogen (secondary N) is 2. The van der Waals surface area contributed by atoms with Crippen LogP contribution in [0.15, 0.2) is 18.2 Å². The lowest BCUT2D eigenvalue weighted by Gasteiger charge is -2.33. The van der Waals surface area contributed by atoms with Gasteiger partial charge in [0.2, 0.25) is 5.91 Å². The van der Waals surface area contributed by atoms with Crippen LogP contribution in [0.1, 0.15) is 33.1 Å². The molecule has 1 aliphatic heterocycles. The van der Waals surface area contributed by atoms with Crippen LogP contribution >= 0.6 is 0 Å². The summed E-state index contributed by atoms with van der Waals surface area (Å²) in [7, 11) is 1.60. The molecule has 1 fully saturated rings. The van der Waals surface area contributed by atoms with E-state index in [2.05, 4.69) is 10.6 Å². The number of ether oxygens (including phenoxy) is 2. The molecule has 5 heteroatoms. The molecule has 2 N–H and O–H groups in total. The second-order valence-electron chi connectivity index (χ2n) is 5.47. The van der Waals surface area contributed by atoms with Crippen LogP contribution in [0.5, 0.6) is 11.5 Å². The van der Waals surface area contributed by atoms with Gasteiger partial charge in [-0.3, -0.25) is 4.79 Å². The number of methoxy groups -OCH3 is 1. The van der Waals surface area contributed by atoms with Crippen molar-refractivity contribution in [1.82, 2.24) is 5.32 Å². The fourth-order valence-electron chi connectivity index (χ4n) is 2.54. The molecule has 0 saturated carbocycles. The van der Waals surface area contributed by atoms with Gasteiger partial charge in [-0.2, -0.15) is 0 Å². The molecule has 116 valence electrons. The quantitative estimate of drug-likeness (QED) is 0.875. The molecular formula is C16H24N2O3. The first-order valence-corrected chi connectivity index (χ1v) is 7.46. The Hall–Kier alpha value is -1.75. The van der Waals surface area contributed by atoms with Gasteiger partial charge in [-0.15, -0.1) is 0 Å².